The van der Waals surface area contributed by atoms with E-state index in [0.717, 1.165) is 5.56 Å². The number of methoxy groups -OCH3 is 1. The number of nitrogens with zero attached hydrogens (tertiary/aromatic N) is 1. The SMILES string of the molecule is CCOc1ccc(CN(C)CC(=O)NC(=O)NC(C)(C)C)cc1OC. The molecule has 0 aliphatic heterocycles. The summed E-state index contributed by atoms with van der Waals surface area (Å²) in [6.07, 6.45) is 0. The average Bonchev–Trinajstić information content (AvgIpc) is 2.46. The predicted molar refractivity (Wildman–Crippen MR) is 96.9 cm³/mol. The Hall–Kier alpha value is -2.28. The van der Waals surface area contributed by atoms with Crippen molar-refractivity contribution in [3.63, 3.8) is 0 Å². The van der Waals surface area contributed by atoms with Gasteiger partial charge in [-0.3, -0.25) is 15.0 Å². The Morgan fingerprint density at radius 2 is 1.88 bits per heavy atom. The fraction of sp³-hybridized carbons (Fsp3) is 0.556. The summed E-state index contributed by atoms with van der Waals surface area (Å²) >= 11 is 0. The van der Waals surface area contributed by atoms with Crippen LogP contribution in [0.3, 0.4) is 0 Å². The lowest BCUT2D eigenvalue weighted by Crippen LogP contribution is -2.50. The number of urea groups is 1. The first-order valence-electron chi connectivity index (χ1n) is 8.25. The van der Waals surface area contributed by atoms with Crippen LogP contribution in [0.1, 0.15) is 33.3 Å². The zero-order valence-corrected chi connectivity index (χ0v) is 15.9. The molecule has 0 unspecified atom stereocenters. The number of hydrogen-bond acceptors (Lipinski definition) is 5. The number of amides is 3. The molecular formula is C18H29N3O4. The maximum Gasteiger partial charge on any atom is 0.321 e. The third-order valence-corrected chi connectivity index (χ3v) is 3.14. The van der Waals surface area contributed by atoms with E-state index in [1.54, 1.807) is 7.11 Å². The fourth-order valence-corrected chi connectivity index (χ4v) is 2.24. The van der Waals surface area contributed by atoms with Gasteiger partial charge in [0, 0.05) is 12.1 Å². The summed E-state index contributed by atoms with van der Waals surface area (Å²) < 4.78 is 10.8. The standard InChI is InChI=1S/C18H29N3O4/c1-7-25-14-9-8-13(10-15(14)24-6)11-21(5)12-16(22)19-17(23)20-18(2,3)4/h8-10H,7,11-12H2,1-6H3,(H2,19,20,22,23). The minimum atomic E-state index is -0.492. The molecule has 3 amide bonds. The van der Waals surface area contributed by atoms with Gasteiger partial charge in [-0.25, -0.2) is 4.79 Å². The number of rotatable bonds is 7. The lowest BCUT2D eigenvalue weighted by molar-refractivity contribution is -0.121. The first-order valence-corrected chi connectivity index (χ1v) is 8.25. The highest BCUT2D eigenvalue weighted by atomic mass is 16.5. The molecule has 1 rings (SSSR count). The van der Waals surface area contributed by atoms with Crippen molar-refractivity contribution in [2.45, 2.75) is 39.8 Å². The normalized spacial score (nSPS) is 11.2. The highest BCUT2D eigenvalue weighted by Gasteiger charge is 2.16. The second-order valence-corrected chi connectivity index (χ2v) is 6.84. The van der Waals surface area contributed by atoms with Gasteiger partial charge in [-0.15, -0.1) is 0 Å². The van der Waals surface area contributed by atoms with Crippen LogP contribution in [0.4, 0.5) is 4.79 Å². The van der Waals surface area contributed by atoms with E-state index in [1.165, 1.54) is 0 Å². The van der Waals surface area contributed by atoms with Crippen molar-refractivity contribution in [3.8, 4) is 11.5 Å². The fourth-order valence-electron chi connectivity index (χ4n) is 2.24. The first kappa shape index (κ1) is 20.8. The van der Waals surface area contributed by atoms with Crippen LogP contribution >= 0.6 is 0 Å². The van der Waals surface area contributed by atoms with Crippen molar-refractivity contribution in [2.75, 3.05) is 27.3 Å². The van der Waals surface area contributed by atoms with Gasteiger partial charge in [-0.05, 0) is 52.4 Å². The smallest absolute Gasteiger partial charge is 0.321 e. The Labute approximate surface area is 149 Å². The first-order chi connectivity index (χ1) is 11.6. The molecule has 1 aromatic rings. The van der Waals surface area contributed by atoms with E-state index in [1.807, 2.05) is 57.8 Å². The summed E-state index contributed by atoms with van der Waals surface area (Å²) in [4.78, 5) is 25.5. The van der Waals surface area contributed by atoms with Crippen LogP contribution in [0.25, 0.3) is 0 Å². The Balaban J connectivity index is 2.57. The van der Waals surface area contributed by atoms with Gasteiger partial charge in [0.1, 0.15) is 0 Å². The molecule has 1 aromatic carbocycles. The van der Waals surface area contributed by atoms with Crippen LogP contribution < -0.4 is 20.1 Å². The average molecular weight is 351 g/mol. The van der Waals surface area contributed by atoms with Gasteiger partial charge < -0.3 is 14.8 Å². The zero-order chi connectivity index (χ0) is 19.0. The number of ether oxygens (including phenoxy) is 2. The van der Waals surface area contributed by atoms with E-state index in [-0.39, 0.29) is 12.5 Å². The second kappa shape index (κ2) is 9.27. The van der Waals surface area contributed by atoms with Gasteiger partial charge >= 0.3 is 6.03 Å². The van der Waals surface area contributed by atoms with Gasteiger partial charge in [-0.1, -0.05) is 6.07 Å². The molecule has 0 spiro atoms. The number of nitrogens with one attached hydrogen (secondary N) is 2. The summed E-state index contributed by atoms with van der Waals surface area (Å²) in [5.41, 5.74) is 0.588. The molecule has 0 radical (unpaired) electrons. The number of benzene rings is 1. The van der Waals surface area contributed by atoms with Gasteiger partial charge in [0.25, 0.3) is 0 Å². The molecule has 7 nitrogen and oxygen atoms in total. The minimum Gasteiger partial charge on any atom is -0.493 e. The molecule has 0 aromatic heterocycles. The molecule has 0 fully saturated rings. The van der Waals surface area contributed by atoms with Crippen LogP contribution in [0, 0.1) is 0 Å². The quantitative estimate of drug-likeness (QED) is 0.787. The van der Waals surface area contributed by atoms with Crippen molar-refractivity contribution < 1.29 is 19.1 Å². The Bertz CT molecular complexity index is 596. The van der Waals surface area contributed by atoms with Crippen molar-refractivity contribution in [1.29, 1.82) is 0 Å². The summed E-state index contributed by atoms with van der Waals surface area (Å²) in [6.45, 7) is 8.67. The molecule has 0 aliphatic carbocycles. The molecule has 25 heavy (non-hydrogen) atoms. The van der Waals surface area contributed by atoms with Crippen LogP contribution in [0.5, 0.6) is 11.5 Å². The maximum atomic E-state index is 11.9. The molecule has 0 atom stereocenters. The van der Waals surface area contributed by atoms with E-state index < -0.39 is 11.6 Å². The van der Waals surface area contributed by atoms with Crippen LogP contribution in [0.15, 0.2) is 18.2 Å². The zero-order valence-electron chi connectivity index (χ0n) is 15.9. The molecule has 0 saturated heterocycles. The van der Waals surface area contributed by atoms with Gasteiger partial charge in [0.15, 0.2) is 11.5 Å². The topological polar surface area (TPSA) is 79.9 Å². The largest absolute Gasteiger partial charge is 0.493 e. The number of likely N-dealkylation sites (N-methyl/N-ethyl adjacent to an activating group) is 1. The van der Waals surface area contributed by atoms with E-state index in [2.05, 4.69) is 10.6 Å². The van der Waals surface area contributed by atoms with E-state index in [0.29, 0.717) is 24.7 Å². The van der Waals surface area contributed by atoms with Crippen LogP contribution in [-0.4, -0.2) is 49.7 Å². The van der Waals surface area contributed by atoms with E-state index in [9.17, 15) is 9.59 Å². The Morgan fingerprint density at radius 1 is 1.20 bits per heavy atom. The highest BCUT2D eigenvalue weighted by Crippen LogP contribution is 2.28. The van der Waals surface area contributed by atoms with Crippen LogP contribution in [0.2, 0.25) is 0 Å². The van der Waals surface area contributed by atoms with Crippen LogP contribution in [-0.2, 0) is 11.3 Å². The van der Waals surface area contributed by atoms with E-state index >= 15 is 0 Å². The molecule has 140 valence electrons. The van der Waals surface area contributed by atoms with Gasteiger partial charge in [-0.2, -0.15) is 0 Å². The molecule has 0 saturated carbocycles. The molecular weight excluding hydrogens is 322 g/mol. The molecule has 7 heteroatoms. The van der Waals surface area contributed by atoms with Crippen molar-refractivity contribution >= 4 is 11.9 Å². The summed E-state index contributed by atoms with van der Waals surface area (Å²) in [5.74, 6) is 0.983. The number of carbonyl (C=O) groups excluding carboxylic acids is 2. The summed E-state index contributed by atoms with van der Waals surface area (Å²) in [6, 6.07) is 5.16. The van der Waals surface area contributed by atoms with E-state index in [4.69, 9.17) is 9.47 Å². The molecule has 0 aliphatic rings. The third-order valence-electron chi connectivity index (χ3n) is 3.14. The molecule has 2 N–H and O–H groups in total. The van der Waals surface area contributed by atoms with Crippen molar-refractivity contribution in [1.82, 2.24) is 15.5 Å². The highest BCUT2D eigenvalue weighted by molar-refractivity contribution is 5.95. The van der Waals surface area contributed by atoms with Gasteiger partial charge in [0.2, 0.25) is 5.91 Å². The third kappa shape index (κ3) is 7.89. The Morgan fingerprint density at radius 3 is 2.44 bits per heavy atom. The lowest BCUT2D eigenvalue weighted by atomic mass is 10.1. The number of imide groups is 1. The molecule has 0 heterocycles. The summed E-state index contributed by atoms with van der Waals surface area (Å²) in [5, 5.41) is 5.01. The second-order valence-electron chi connectivity index (χ2n) is 6.84. The summed E-state index contributed by atoms with van der Waals surface area (Å²) in [7, 11) is 3.40. The minimum absolute atomic E-state index is 0.104. The monoisotopic (exact) mass is 351 g/mol. The number of carbonyl (C=O) groups is 2. The Kier molecular flexibility index (Phi) is 7.70. The van der Waals surface area contributed by atoms with Crippen molar-refractivity contribution in [3.05, 3.63) is 23.8 Å². The lowest BCUT2D eigenvalue weighted by Gasteiger charge is -2.21. The maximum absolute atomic E-state index is 11.9. The molecule has 0 bridgehead atoms. The number of hydrogen-bond donors (Lipinski definition) is 2. The predicted octanol–water partition coefficient (Wildman–Crippen LogP) is 2.15. The van der Waals surface area contributed by atoms with Gasteiger partial charge in [0.05, 0.1) is 20.3 Å². The van der Waals surface area contributed by atoms with Crippen molar-refractivity contribution in [2.24, 2.45) is 0 Å².